The molecule has 9 nitrogen and oxygen atoms in total. The van der Waals surface area contributed by atoms with Crippen LogP contribution in [0.15, 0.2) is 0 Å². The van der Waals surface area contributed by atoms with Crippen LogP contribution in [0.2, 0.25) is 0 Å². The SMILES string of the molecule is CO[C@@H]1C[C@H](O)O[C@H](C)[C@H]1O[C@@H]1O[C@H](CO)[C@@H](O)[C@H](O)[C@H]1O. The second kappa shape index (κ2) is 7.47. The summed E-state index contributed by atoms with van der Waals surface area (Å²) in [5, 5.41) is 48.2. The summed E-state index contributed by atoms with van der Waals surface area (Å²) in [6.07, 6.45) is -9.24. The van der Waals surface area contributed by atoms with Gasteiger partial charge in [0.2, 0.25) is 0 Å². The molecule has 0 saturated carbocycles. The Hall–Kier alpha value is -0.360. The molecule has 2 aliphatic heterocycles. The molecule has 2 saturated heterocycles. The van der Waals surface area contributed by atoms with Crippen molar-refractivity contribution in [3.05, 3.63) is 0 Å². The first-order chi connectivity index (χ1) is 10.4. The molecule has 5 N–H and O–H groups in total. The van der Waals surface area contributed by atoms with E-state index in [1.165, 1.54) is 7.11 Å². The van der Waals surface area contributed by atoms with Crippen LogP contribution in [0.4, 0.5) is 0 Å². The summed E-state index contributed by atoms with van der Waals surface area (Å²) in [6, 6.07) is 0. The van der Waals surface area contributed by atoms with Gasteiger partial charge >= 0.3 is 0 Å². The predicted octanol–water partition coefficient (Wildman–Crippen LogP) is -2.69. The number of aliphatic hydroxyl groups excluding tert-OH is 5. The number of aliphatic hydroxyl groups is 5. The maximum Gasteiger partial charge on any atom is 0.187 e. The molecule has 0 aromatic carbocycles. The zero-order valence-electron chi connectivity index (χ0n) is 12.5. The van der Waals surface area contributed by atoms with Crippen LogP contribution in [0.3, 0.4) is 0 Å². The molecule has 0 aromatic rings. The fourth-order valence-corrected chi connectivity index (χ4v) is 2.78. The van der Waals surface area contributed by atoms with Crippen molar-refractivity contribution in [2.45, 2.75) is 68.7 Å². The summed E-state index contributed by atoms with van der Waals surface area (Å²) < 4.78 is 21.5. The Bertz CT molecular complexity index is 352. The van der Waals surface area contributed by atoms with Crippen molar-refractivity contribution in [2.24, 2.45) is 0 Å². The van der Waals surface area contributed by atoms with E-state index in [9.17, 15) is 20.4 Å². The summed E-state index contributed by atoms with van der Waals surface area (Å²) in [7, 11) is 1.46. The summed E-state index contributed by atoms with van der Waals surface area (Å²) in [6.45, 7) is 1.14. The molecule has 0 aromatic heterocycles. The lowest BCUT2D eigenvalue weighted by molar-refractivity contribution is -0.340. The summed E-state index contributed by atoms with van der Waals surface area (Å²) in [4.78, 5) is 0. The van der Waals surface area contributed by atoms with Crippen molar-refractivity contribution in [3.8, 4) is 0 Å². The van der Waals surface area contributed by atoms with E-state index in [4.69, 9.17) is 24.1 Å². The molecule has 0 amide bonds. The van der Waals surface area contributed by atoms with Gasteiger partial charge in [0.15, 0.2) is 12.6 Å². The molecule has 2 fully saturated rings. The monoisotopic (exact) mass is 324 g/mol. The van der Waals surface area contributed by atoms with Crippen molar-refractivity contribution in [2.75, 3.05) is 13.7 Å². The average Bonchev–Trinajstić information content (AvgIpc) is 2.49. The first-order valence-electron chi connectivity index (χ1n) is 7.21. The lowest BCUT2D eigenvalue weighted by atomic mass is 9.98. The van der Waals surface area contributed by atoms with Gasteiger partial charge in [-0.1, -0.05) is 0 Å². The topological polar surface area (TPSA) is 138 Å². The van der Waals surface area contributed by atoms with Crippen molar-refractivity contribution in [1.82, 2.24) is 0 Å². The van der Waals surface area contributed by atoms with Crippen LogP contribution in [0.5, 0.6) is 0 Å². The van der Waals surface area contributed by atoms with Crippen LogP contribution >= 0.6 is 0 Å². The van der Waals surface area contributed by atoms with Crippen molar-refractivity contribution >= 4 is 0 Å². The quantitative estimate of drug-likeness (QED) is 0.374. The Kier molecular flexibility index (Phi) is 6.11. The van der Waals surface area contributed by atoms with Gasteiger partial charge in [-0.05, 0) is 6.92 Å². The molecule has 0 spiro atoms. The van der Waals surface area contributed by atoms with E-state index in [1.807, 2.05) is 0 Å². The molecule has 0 unspecified atom stereocenters. The molecular weight excluding hydrogens is 300 g/mol. The fourth-order valence-electron chi connectivity index (χ4n) is 2.78. The molecule has 2 heterocycles. The van der Waals surface area contributed by atoms with Crippen LogP contribution < -0.4 is 0 Å². The van der Waals surface area contributed by atoms with Gasteiger partial charge in [-0.25, -0.2) is 0 Å². The van der Waals surface area contributed by atoms with E-state index in [0.29, 0.717) is 0 Å². The molecule has 2 aliphatic rings. The zero-order chi connectivity index (χ0) is 16.4. The fraction of sp³-hybridized carbons (Fsp3) is 1.00. The highest BCUT2D eigenvalue weighted by atomic mass is 16.7. The standard InChI is InChI=1S/C13H24O9/c1-5-12(6(19-2)3-8(15)20-5)22-13-11(18)10(17)9(16)7(4-14)21-13/h5-18H,3-4H2,1-2H3/t5-,6-,7-,8-,9-,10+,11-,12-,13+/m1/s1. The Morgan fingerprint density at radius 1 is 1.05 bits per heavy atom. The van der Waals surface area contributed by atoms with E-state index in [-0.39, 0.29) is 6.42 Å². The third-order valence-electron chi connectivity index (χ3n) is 4.08. The molecule has 22 heavy (non-hydrogen) atoms. The number of rotatable bonds is 4. The van der Waals surface area contributed by atoms with E-state index in [1.54, 1.807) is 6.92 Å². The zero-order valence-corrected chi connectivity index (χ0v) is 12.5. The highest BCUT2D eigenvalue weighted by Crippen LogP contribution is 2.29. The van der Waals surface area contributed by atoms with E-state index in [0.717, 1.165) is 0 Å². The summed E-state index contributed by atoms with van der Waals surface area (Å²) >= 11 is 0. The van der Waals surface area contributed by atoms with Gasteiger partial charge in [0.05, 0.1) is 18.8 Å². The van der Waals surface area contributed by atoms with Gasteiger partial charge in [-0.3, -0.25) is 0 Å². The first kappa shape index (κ1) is 18.0. The van der Waals surface area contributed by atoms with Gasteiger partial charge in [-0.15, -0.1) is 0 Å². The Morgan fingerprint density at radius 3 is 2.32 bits per heavy atom. The maximum absolute atomic E-state index is 9.98. The smallest absolute Gasteiger partial charge is 0.187 e. The van der Waals surface area contributed by atoms with Crippen LogP contribution in [0, 0.1) is 0 Å². The molecule has 9 atom stereocenters. The third kappa shape index (κ3) is 3.58. The van der Waals surface area contributed by atoms with Gasteiger partial charge in [0.1, 0.15) is 30.5 Å². The van der Waals surface area contributed by atoms with Crippen LogP contribution in [-0.2, 0) is 18.9 Å². The molecule has 0 aliphatic carbocycles. The molecule has 9 heteroatoms. The second-order valence-electron chi connectivity index (χ2n) is 5.60. The van der Waals surface area contributed by atoms with Crippen molar-refractivity contribution < 1.29 is 44.5 Å². The number of ether oxygens (including phenoxy) is 4. The van der Waals surface area contributed by atoms with E-state index >= 15 is 0 Å². The van der Waals surface area contributed by atoms with E-state index in [2.05, 4.69) is 0 Å². The lowest BCUT2D eigenvalue weighted by Gasteiger charge is -2.44. The van der Waals surface area contributed by atoms with Crippen LogP contribution in [-0.4, -0.2) is 94.6 Å². The summed E-state index contributed by atoms with van der Waals surface area (Å²) in [5.41, 5.74) is 0. The Labute approximate surface area is 128 Å². The van der Waals surface area contributed by atoms with E-state index < -0.39 is 61.9 Å². The Balaban J connectivity index is 2.07. The van der Waals surface area contributed by atoms with Crippen molar-refractivity contribution in [3.63, 3.8) is 0 Å². The van der Waals surface area contributed by atoms with Gasteiger partial charge in [-0.2, -0.15) is 0 Å². The highest BCUT2D eigenvalue weighted by Gasteiger charge is 2.47. The molecule has 2 rings (SSSR count). The average molecular weight is 324 g/mol. The van der Waals surface area contributed by atoms with Crippen molar-refractivity contribution in [1.29, 1.82) is 0 Å². The third-order valence-corrected chi connectivity index (χ3v) is 4.08. The molecule has 0 bridgehead atoms. The number of hydrogen-bond acceptors (Lipinski definition) is 9. The normalized spacial score (nSPS) is 50.0. The minimum Gasteiger partial charge on any atom is -0.394 e. The molecule has 130 valence electrons. The summed E-state index contributed by atoms with van der Waals surface area (Å²) in [5.74, 6) is 0. The maximum atomic E-state index is 9.98. The predicted molar refractivity (Wildman–Crippen MR) is 70.6 cm³/mol. The van der Waals surface area contributed by atoms with Crippen LogP contribution in [0.25, 0.3) is 0 Å². The van der Waals surface area contributed by atoms with Gasteiger partial charge < -0.3 is 44.5 Å². The largest absolute Gasteiger partial charge is 0.394 e. The highest BCUT2D eigenvalue weighted by molar-refractivity contribution is 4.91. The van der Waals surface area contributed by atoms with Gasteiger partial charge in [0.25, 0.3) is 0 Å². The minimum atomic E-state index is -1.51. The van der Waals surface area contributed by atoms with Crippen LogP contribution in [0.1, 0.15) is 13.3 Å². The molecular formula is C13H24O9. The second-order valence-corrected chi connectivity index (χ2v) is 5.60. The number of methoxy groups -OCH3 is 1. The number of hydrogen-bond donors (Lipinski definition) is 5. The minimum absolute atomic E-state index is 0.183. The van der Waals surface area contributed by atoms with Gasteiger partial charge in [0, 0.05) is 13.5 Å². The molecule has 0 radical (unpaired) electrons. The lowest BCUT2D eigenvalue weighted by Crippen LogP contribution is -2.61. The Morgan fingerprint density at radius 2 is 1.73 bits per heavy atom. The first-order valence-corrected chi connectivity index (χ1v) is 7.21.